The maximum absolute atomic E-state index is 11.1. The van der Waals surface area contributed by atoms with Gasteiger partial charge in [0.25, 0.3) is 0 Å². The Balaban J connectivity index is 3.20. The highest BCUT2D eigenvalue weighted by Gasteiger charge is 2.26. The standard InChI is InChI=1S/C10H15N3O3/c1-5-8(6(2)13(4)12-5)9(10(15)16)11-7(3)14/h9H,1-4H3,(H,11,14)(H,15,16). The zero-order chi connectivity index (χ0) is 12.5. The van der Waals surface area contributed by atoms with Crippen LogP contribution in [0.25, 0.3) is 0 Å². The van der Waals surface area contributed by atoms with Gasteiger partial charge in [-0.1, -0.05) is 0 Å². The molecule has 0 fully saturated rings. The van der Waals surface area contributed by atoms with Crippen molar-refractivity contribution >= 4 is 11.9 Å². The van der Waals surface area contributed by atoms with Crippen LogP contribution in [0.15, 0.2) is 0 Å². The van der Waals surface area contributed by atoms with Gasteiger partial charge >= 0.3 is 5.97 Å². The van der Waals surface area contributed by atoms with Crippen LogP contribution in [0.5, 0.6) is 0 Å². The van der Waals surface area contributed by atoms with Gasteiger partial charge in [0.1, 0.15) is 0 Å². The number of carbonyl (C=O) groups is 2. The van der Waals surface area contributed by atoms with E-state index in [1.165, 1.54) is 6.92 Å². The summed E-state index contributed by atoms with van der Waals surface area (Å²) in [6.45, 7) is 4.78. The van der Waals surface area contributed by atoms with E-state index in [1.807, 2.05) is 0 Å². The minimum absolute atomic E-state index is 0.380. The van der Waals surface area contributed by atoms with Crippen LogP contribution >= 0.6 is 0 Å². The summed E-state index contributed by atoms with van der Waals surface area (Å²) >= 11 is 0. The maximum Gasteiger partial charge on any atom is 0.331 e. The third-order valence-electron chi connectivity index (χ3n) is 2.45. The van der Waals surface area contributed by atoms with Crippen LogP contribution in [0.4, 0.5) is 0 Å². The number of aromatic nitrogens is 2. The number of rotatable bonds is 3. The Morgan fingerprint density at radius 2 is 2.00 bits per heavy atom. The molecule has 0 aliphatic carbocycles. The van der Waals surface area contributed by atoms with Crippen molar-refractivity contribution in [3.63, 3.8) is 0 Å². The molecule has 1 amide bonds. The number of hydrogen-bond acceptors (Lipinski definition) is 3. The molecule has 1 aromatic heterocycles. The minimum atomic E-state index is -1.09. The lowest BCUT2D eigenvalue weighted by Gasteiger charge is -2.13. The largest absolute Gasteiger partial charge is 0.479 e. The number of carboxylic acids is 1. The van der Waals surface area contributed by atoms with E-state index in [0.717, 1.165) is 5.69 Å². The number of nitrogens with one attached hydrogen (secondary N) is 1. The van der Waals surface area contributed by atoms with Gasteiger partial charge in [0.2, 0.25) is 5.91 Å². The average molecular weight is 225 g/mol. The van der Waals surface area contributed by atoms with Gasteiger partial charge in [-0.2, -0.15) is 5.10 Å². The summed E-state index contributed by atoms with van der Waals surface area (Å²) < 4.78 is 1.60. The monoisotopic (exact) mass is 225 g/mol. The van der Waals surface area contributed by atoms with E-state index in [4.69, 9.17) is 5.11 Å². The first-order valence-corrected chi connectivity index (χ1v) is 4.84. The Morgan fingerprint density at radius 3 is 2.31 bits per heavy atom. The van der Waals surface area contributed by atoms with Gasteiger partial charge < -0.3 is 10.4 Å². The molecule has 2 N–H and O–H groups in total. The second-order valence-corrected chi connectivity index (χ2v) is 3.68. The summed E-state index contributed by atoms with van der Waals surface area (Å²) in [5.41, 5.74) is 1.89. The molecule has 0 bridgehead atoms. The van der Waals surface area contributed by atoms with E-state index in [-0.39, 0.29) is 5.91 Å². The van der Waals surface area contributed by atoms with Gasteiger partial charge in [0, 0.05) is 25.2 Å². The van der Waals surface area contributed by atoms with Crippen LogP contribution in [0.1, 0.15) is 29.9 Å². The molecule has 88 valence electrons. The molecule has 0 radical (unpaired) electrons. The predicted molar refractivity (Wildman–Crippen MR) is 56.9 cm³/mol. The van der Waals surface area contributed by atoms with Gasteiger partial charge in [-0.25, -0.2) is 4.79 Å². The number of aryl methyl sites for hydroxylation is 2. The zero-order valence-corrected chi connectivity index (χ0v) is 9.74. The van der Waals surface area contributed by atoms with E-state index >= 15 is 0 Å². The third kappa shape index (κ3) is 2.21. The molecule has 0 aliphatic heterocycles. The van der Waals surface area contributed by atoms with Gasteiger partial charge in [-0.05, 0) is 13.8 Å². The highest BCUT2D eigenvalue weighted by atomic mass is 16.4. The molecule has 1 rings (SSSR count). The van der Waals surface area contributed by atoms with Crippen molar-refractivity contribution < 1.29 is 14.7 Å². The molecule has 1 unspecified atom stereocenters. The van der Waals surface area contributed by atoms with Gasteiger partial charge in [0.05, 0.1) is 5.69 Å². The van der Waals surface area contributed by atoms with Crippen molar-refractivity contribution in [2.45, 2.75) is 26.8 Å². The molecule has 1 aromatic rings. The second kappa shape index (κ2) is 4.34. The Bertz CT molecular complexity index is 437. The first-order valence-electron chi connectivity index (χ1n) is 4.84. The minimum Gasteiger partial charge on any atom is -0.479 e. The highest BCUT2D eigenvalue weighted by Crippen LogP contribution is 2.21. The van der Waals surface area contributed by atoms with Crippen molar-refractivity contribution in [3.05, 3.63) is 17.0 Å². The van der Waals surface area contributed by atoms with Crippen molar-refractivity contribution in [3.8, 4) is 0 Å². The van der Waals surface area contributed by atoms with E-state index < -0.39 is 12.0 Å². The molecule has 1 heterocycles. The summed E-state index contributed by atoms with van der Waals surface area (Å²) in [6, 6.07) is -1.04. The Labute approximate surface area is 93.3 Å². The molecular weight excluding hydrogens is 210 g/mol. The summed E-state index contributed by atoms with van der Waals surface area (Å²) in [5, 5.41) is 15.6. The molecule has 0 aliphatic rings. The molecular formula is C10H15N3O3. The van der Waals surface area contributed by atoms with Gasteiger partial charge in [0.15, 0.2) is 6.04 Å². The highest BCUT2D eigenvalue weighted by molar-refractivity contribution is 5.83. The average Bonchev–Trinajstić information content (AvgIpc) is 2.38. The quantitative estimate of drug-likeness (QED) is 0.774. The van der Waals surface area contributed by atoms with Crippen molar-refractivity contribution in [1.82, 2.24) is 15.1 Å². The first kappa shape index (κ1) is 12.2. The third-order valence-corrected chi connectivity index (χ3v) is 2.45. The Morgan fingerprint density at radius 1 is 1.44 bits per heavy atom. The molecule has 6 heteroatoms. The smallest absolute Gasteiger partial charge is 0.331 e. The van der Waals surface area contributed by atoms with Crippen LogP contribution in [0.2, 0.25) is 0 Å². The summed E-state index contributed by atoms with van der Waals surface area (Å²) in [6.07, 6.45) is 0. The molecule has 0 saturated carbocycles. The van der Waals surface area contributed by atoms with Crippen LogP contribution in [0, 0.1) is 13.8 Å². The van der Waals surface area contributed by atoms with Crippen molar-refractivity contribution in [2.24, 2.45) is 7.05 Å². The fourth-order valence-electron chi connectivity index (χ4n) is 1.67. The van der Waals surface area contributed by atoms with Gasteiger partial charge in [-0.3, -0.25) is 9.48 Å². The van der Waals surface area contributed by atoms with Crippen molar-refractivity contribution in [1.29, 1.82) is 0 Å². The maximum atomic E-state index is 11.1. The lowest BCUT2D eigenvalue weighted by molar-refractivity contribution is -0.141. The SMILES string of the molecule is CC(=O)NC(C(=O)O)c1c(C)nn(C)c1C. The lowest BCUT2D eigenvalue weighted by Crippen LogP contribution is -2.32. The van der Waals surface area contributed by atoms with Crippen LogP contribution in [-0.2, 0) is 16.6 Å². The molecule has 0 aromatic carbocycles. The number of hydrogen-bond donors (Lipinski definition) is 2. The topological polar surface area (TPSA) is 84.2 Å². The zero-order valence-electron chi connectivity index (χ0n) is 9.74. The van der Waals surface area contributed by atoms with Crippen LogP contribution < -0.4 is 5.32 Å². The number of nitrogens with zero attached hydrogens (tertiary/aromatic N) is 2. The number of carboxylic acid groups (broad SMARTS) is 1. The summed E-state index contributed by atoms with van der Waals surface area (Å²) in [5.74, 6) is -1.47. The van der Waals surface area contributed by atoms with E-state index in [0.29, 0.717) is 11.3 Å². The predicted octanol–water partition coefficient (Wildman–Crippen LogP) is 0.299. The summed E-state index contributed by atoms with van der Waals surface area (Å²) in [7, 11) is 1.73. The van der Waals surface area contributed by atoms with E-state index in [2.05, 4.69) is 10.4 Å². The molecule has 6 nitrogen and oxygen atoms in total. The fraction of sp³-hybridized carbons (Fsp3) is 0.500. The Hall–Kier alpha value is -1.85. The molecule has 0 saturated heterocycles. The van der Waals surface area contributed by atoms with Crippen LogP contribution in [-0.4, -0.2) is 26.8 Å². The first-order chi connectivity index (χ1) is 7.34. The van der Waals surface area contributed by atoms with E-state index in [9.17, 15) is 9.59 Å². The fourth-order valence-corrected chi connectivity index (χ4v) is 1.67. The molecule has 1 atom stereocenters. The lowest BCUT2D eigenvalue weighted by atomic mass is 10.1. The molecule has 16 heavy (non-hydrogen) atoms. The normalized spacial score (nSPS) is 12.2. The Kier molecular flexibility index (Phi) is 3.31. The van der Waals surface area contributed by atoms with E-state index in [1.54, 1.807) is 25.6 Å². The number of aliphatic carboxylic acids is 1. The number of amides is 1. The molecule has 0 spiro atoms. The van der Waals surface area contributed by atoms with Gasteiger partial charge in [-0.15, -0.1) is 0 Å². The van der Waals surface area contributed by atoms with Crippen LogP contribution in [0.3, 0.4) is 0 Å². The second-order valence-electron chi connectivity index (χ2n) is 3.68. The number of carbonyl (C=O) groups excluding carboxylic acids is 1. The summed E-state index contributed by atoms with van der Waals surface area (Å²) in [4.78, 5) is 22.1. The van der Waals surface area contributed by atoms with Crippen molar-refractivity contribution in [2.75, 3.05) is 0 Å².